The quantitative estimate of drug-likeness (QED) is 0.873. The van der Waals surface area contributed by atoms with Gasteiger partial charge in [-0.3, -0.25) is 0 Å². The molecule has 2 fully saturated rings. The van der Waals surface area contributed by atoms with Crippen LogP contribution in [0.2, 0.25) is 0 Å². The minimum Gasteiger partial charge on any atom is -0.310 e. The third-order valence-electron chi connectivity index (χ3n) is 5.62. The normalized spacial score (nSPS) is 34.7. The second-order valence-electron chi connectivity index (χ2n) is 6.81. The van der Waals surface area contributed by atoms with Crippen LogP contribution in [0.1, 0.15) is 36.8 Å². The number of rotatable bonds is 2. The van der Waals surface area contributed by atoms with Crippen LogP contribution in [0.3, 0.4) is 0 Å². The van der Waals surface area contributed by atoms with Crippen molar-refractivity contribution in [2.45, 2.75) is 49.6 Å². The van der Waals surface area contributed by atoms with E-state index in [4.69, 9.17) is 0 Å². The number of piperidine rings is 1. The molecule has 0 bridgehead atoms. The van der Waals surface area contributed by atoms with Crippen LogP contribution >= 0.6 is 0 Å². The monoisotopic (exact) mass is 256 g/mol. The Morgan fingerprint density at radius 1 is 1.21 bits per heavy atom. The number of hydrogen-bond donors (Lipinski definition) is 1. The molecule has 19 heavy (non-hydrogen) atoms. The number of nitrogens with one attached hydrogen (secondary N) is 1. The summed E-state index contributed by atoms with van der Waals surface area (Å²) < 4.78 is 0. The van der Waals surface area contributed by atoms with Gasteiger partial charge in [0.2, 0.25) is 0 Å². The fourth-order valence-electron chi connectivity index (χ4n) is 4.27. The first-order valence-electron chi connectivity index (χ1n) is 7.81. The Labute approximate surface area is 116 Å². The molecule has 1 aromatic rings. The second-order valence-corrected chi connectivity index (χ2v) is 6.81. The van der Waals surface area contributed by atoms with Crippen molar-refractivity contribution in [3.8, 4) is 0 Å². The van der Waals surface area contributed by atoms with E-state index >= 15 is 0 Å². The molecule has 2 aliphatic carbocycles. The van der Waals surface area contributed by atoms with Gasteiger partial charge in [-0.05, 0) is 63.4 Å². The SMILES string of the molecule is CN1CCC(N[C@@H]2C[C@]23CCc2ccccc23)CC1. The average molecular weight is 256 g/mol. The molecule has 2 atom stereocenters. The maximum Gasteiger partial charge on any atom is 0.0176 e. The third kappa shape index (κ3) is 1.93. The zero-order valence-electron chi connectivity index (χ0n) is 11.9. The molecular formula is C17H24N2. The lowest BCUT2D eigenvalue weighted by Gasteiger charge is -2.30. The molecule has 3 aliphatic rings. The van der Waals surface area contributed by atoms with E-state index in [1.54, 1.807) is 11.1 Å². The van der Waals surface area contributed by atoms with Gasteiger partial charge in [0.05, 0.1) is 0 Å². The van der Waals surface area contributed by atoms with E-state index in [0.717, 1.165) is 12.1 Å². The van der Waals surface area contributed by atoms with Gasteiger partial charge in [0.25, 0.3) is 0 Å². The zero-order chi connectivity index (χ0) is 12.9. The van der Waals surface area contributed by atoms with Gasteiger partial charge >= 0.3 is 0 Å². The van der Waals surface area contributed by atoms with Gasteiger partial charge < -0.3 is 10.2 Å². The molecule has 1 heterocycles. The highest BCUT2D eigenvalue weighted by atomic mass is 15.1. The summed E-state index contributed by atoms with van der Waals surface area (Å²) in [7, 11) is 2.24. The van der Waals surface area contributed by atoms with Crippen LogP contribution < -0.4 is 5.32 Å². The highest BCUT2D eigenvalue weighted by Crippen LogP contribution is 2.56. The molecule has 1 saturated heterocycles. The maximum absolute atomic E-state index is 3.96. The van der Waals surface area contributed by atoms with E-state index in [1.807, 2.05) is 0 Å². The zero-order valence-corrected chi connectivity index (χ0v) is 11.9. The van der Waals surface area contributed by atoms with Crippen molar-refractivity contribution in [1.29, 1.82) is 0 Å². The molecule has 0 unspecified atom stereocenters. The number of hydrogen-bond acceptors (Lipinski definition) is 2. The number of benzene rings is 1. The highest BCUT2D eigenvalue weighted by molar-refractivity contribution is 5.46. The lowest BCUT2D eigenvalue weighted by atomic mass is 9.97. The van der Waals surface area contributed by atoms with Crippen molar-refractivity contribution in [2.75, 3.05) is 20.1 Å². The summed E-state index contributed by atoms with van der Waals surface area (Å²) in [6.07, 6.45) is 6.68. The minimum absolute atomic E-state index is 0.514. The van der Waals surface area contributed by atoms with Crippen molar-refractivity contribution >= 4 is 0 Å². The first-order chi connectivity index (χ1) is 9.28. The smallest absolute Gasteiger partial charge is 0.0176 e. The molecule has 2 nitrogen and oxygen atoms in total. The molecule has 0 radical (unpaired) electrons. The first-order valence-corrected chi connectivity index (χ1v) is 7.81. The first kappa shape index (κ1) is 11.9. The van der Waals surface area contributed by atoms with Gasteiger partial charge in [-0.1, -0.05) is 24.3 Å². The van der Waals surface area contributed by atoms with Crippen molar-refractivity contribution < 1.29 is 0 Å². The van der Waals surface area contributed by atoms with Crippen LogP contribution in [0.5, 0.6) is 0 Å². The summed E-state index contributed by atoms with van der Waals surface area (Å²) in [5.74, 6) is 0. The Morgan fingerprint density at radius 2 is 2.00 bits per heavy atom. The van der Waals surface area contributed by atoms with Crippen molar-refractivity contribution in [3.63, 3.8) is 0 Å². The average Bonchev–Trinajstić information content (AvgIpc) is 3.00. The lowest BCUT2D eigenvalue weighted by Crippen LogP contribution is -2.43. The van der Waals surface area contributed by atoms with E-state index in [9.17, 15) is 0 Å². The van der Waals surface area contributed by atoms with Crippen molar-refractivity contribution in [1.82, 2.24) is 10.2 Å². The molecule has 2 heteroatoms. The topological polar surface area (TPSA) is 15.3 Å². The molecule has 0 amide bonds. The summed E-state index contributed by atoms with van der Waals surface area (Å²) in [5, 5.41) is 3.96. The fourth-order valence-corrected chi connectivity index (χ4v) is 4.27. The number of aryl methyl sites for hydroxylation is 1. The number of nitrogens with zero attached hydrogens (tertiary/aromatic N) is 1. The minimum atomic E-state index is 0.514. The standard InChI is InChI=1S/C17H24N2/c1-19-10-7-14(8-11-19)18-16-12-17(16)9-6-13-4-2-3-5-15(13)17/h2-5,14,16,18H,6-12H2,1H3/t16-,17+/m1/s1. The number of likely N-dealkylation sites (tertiary alicyclic amines) is 1. The lowest BCUT2D eigenvalue weighted by molar-refractivity contribution is 0.231. The van der Waals surface area contributed by atoms with E-state index in [0.29, 0.717) is 5.41 Å². The summed E-state index contributed by atoms with van der Waals surface area (Å²) in [6, 6.07) is 10.6. The van der Waals surface area contributed by atoms with Gasteiger partial charge in [0.1, 0.15) is 0 Å². The largest absolute Gasteiger partial charge is 0.310 e. The Kier molecular flexibility index (Phi) is 2.71. The van der Waals surface area contributed by atoms with E-state index in [1.165, 1.54) is 45.2 Å². The molecule has 1 aromatic carbocycles. The summed E-state index contributed by atoms with van der Waals surface area (Å²) in [6.45, 7) is 2.52. The molecular weight excluding hydrogens is 232 g/mol. The van der Waals surface area contributed by atoms with E-state index < -0.39 is 0 Å². The van der Waals surface area contributed by atoms with Gasteiger partial charge in [-0.25, -0.2) is 0 Å². The fraction of sp³-hybridized carbons (Fsp3) is 0.647. The third-order valence-corrected chi connectivity index (χ3v) is 5.62. The van der Waals surface area contributed by atoms with Gasteiger partial charge in [0.15, 0.2) is 0 Å². The molecule has 1 spiro atoms. The molecule has 102 valence electrons. The molecule has 4 rings (SSSR count). The van der Waals surface area contributed by atoms with Crippen molar-refractivity contribution in [3.05, 3.63) is 35.4 Å². The Hall–Kier alpha value is -0.860. The molecule has 0 aromatic heterocycles. The van der Waals surface area contributed by atoms with E-state index in [-0.39, 0.29) is 0 Å². The molecule has 1 N–H and O–H groups in total. The van der Waals surface area contributed by atoms with Crippen LogP contribution in [0, 0.1) is 0 Å². The van der Waals surface area contributed by atoms with Crippen LogP contribution in [0.4, 0.5) is 0 Å². The van der Waals surface area contributed by atoms with Crippen molar-refractivity contribution in [2.24, 2.45) is 0 Å². The predicted octanol–water partition coefficient (Wildman–Crippen LogP) is 2.33. The Morgan fingerprint density at radius 3 is 2.84 bits per heavy atom. The van der Waals surface area contributed by atoms with Gasteiger partial charge in [-0.2, -0.15) is 0 Å². The van der Waals surface area contributed by atoms with Crippen LogP contribution in [0.25, 0.3) is 0 Å². The Bertz CT molecular complexity index is 476. The van der Waals surface area contributed by atoms with Crippen LogP contribution in [0.15, 0.2) is 24.3 Å². The summed E-state index contributed by atoms with van der Waals surface area (Å²) >= 11 is 0. The maximum atomic E-state index is 3.96. The molecule has 1 aliphatic heterocycles. The number of fused-ring (bicyclic) bond motifs is 2. The molecule has 1 saturated carbocycles. The predicted molar refractivity (Wildman–Crippen MR) is 78.5 cm³/mol. The van der Waals surface area contributed by atoms with Gasteiger partial charge in [0, 0.05) is 17.5 Å². The summed E-state index contributed by atoms with van der Waals surface area (Å²) in [4.78, 5) is 2.45. The summed E-state index contributed by atoms with van der Waals surface area (Å²) in [5.41, 5.74) is 3.77. The Balaban J connectivity index is 1.44. The van der Waals surface area contributed by atoms with Crippen LogP contribution in [-0.2, 0) is 11.8 Å². The van der Waals surface area contributed by atoms with Gasteiger partial charge in [-0.15, -0.1) is 0 Å². The van der Waals surface area contributed by atoms with Crippen LogP contribution in [-0.4, -0.2) is 37.1 Å². The highest BCUT2D eigenvalue weighted by Gasteiger charge is 2.58. The second kappa shape index (κ2) is 4.32. The van der Waals surface area contributed by atoms with E-state index in [2.05, 4.69) is 41.5 Å².